The van der Waals surface area contributed by atoms with Crippen LogP contribution in [0.25, 0.3) is 23.1 Å². The molecule has 36 heavy (non-hydrogen) atoms. The van der Waals surface area contributed by atoms with Crippen LogP contribution in [-0.4, -0.2) is 47.3 Å². The van der Waals surface area contributed by atoms with E-state index in [0.717, 1.165) is 68.0 Å². The van der Waals surface area contributed by atoms with Gasteiger partial charge in [-0.25, -0.2) is 0 Å². The minimum atomic E-state index is 0.168. The first-order valence-corrected chi connectivity index (χ1v) is 12.6. The summed E-state index contributed by atoms with van der Waals surface area (Å²) in [5.74, 6) is 0.450. The van der Waals surface area contributed by atoms with Crippen LogP contribution < -0.4 is 5.32 Å². The highest BCUT2D eigenvalue weighted by Crippen LogP contribution is 2.30. The standard InChI is InChI=1S/C20H21N3O.C10H11NO/c1-2-4-19-18(3-1)20(22-21-19)10-9-16-5-7-17(8-6-16)15-23-11-13-24-14-12-23;12-10(8-6-7-8)11-9-4-2-1-3-5-9/h1-10H,11-15H2,(H,21,22);1-5,8H,6-7H2,(H,11,12)/b10-9+;. The number of para-hydroxylation sites is 2. The number of rotatable bonds is 6. The van der Waals surface area contributed by atoms with Gasteiger partial charge in [-0.05, 0) is 48.2 Å². The Balaban J connectivity index is 0.000000186. The monoisotopic (exact) mass is 480 g/mol. The molecule has 1 amide bonds. The van der Waals surface area contributed by atoms with Crippen LogP contribution in [0.15, 0.2) is 78.9 Å². The molecule has 0 bridgehead atoms. The predicted molar refractivity (Wildman–Crippen MR) is 145 cm³/mol. The van der Waals surface area contributed by atoms with E-state index in [1.165, 1.54) is 11.1 Å². The average Bonchev–Trinajstić information content (AvgIpc) is 3.71. The molecular formula is C30H32N4O2. The van der Waals surface area contributed by atoms with Crippen LogP contribution in [0.4, 0.5) is 5.69 Å². The van der Waals surface area contributed by atoms with Gasteiger partial charge in [0.15, 0.2) is 0 Å². The second-order valence-electron chi connectivity index (χ2n) is 9.25. The van der Waals surface area contributed by atoms with E-state index in [0.29, 0.717) is 0 Å². The van der Waals surface area contributed by atoms with E-state index < -0.39 is 0 Å². The van der Waals surface area contributed by atoms with Gasteiger partial charge in [-0.2, -0.15) is 5.10 Å². The molecule has 6 rings (SSSR count). The maximum Gasteiger partial charge on any atom is 0.227 e. The number of nitrogens with one attached hydrogen (secondary N) is 2. The summed E-state index contributed by atoms with van der Waals surface area (Å²) in [5.41, 5.74) is 5.47. The Morgan fingerprint density at radius 1 is 0.944 bits per heavy atom. The average molecular weight is 481 g/mol. The van der Waals surface area contributed by atoms with Gasteiger partial charge in [-0.3, -0.25) is 14.8 Å². The topological polar surface area (TPSA) is 70.2 Å². The van der Waals surface area contributed by atoms with Crippen molar-refractivity contribution in [3.05, 3.63) is 95.7 Å². The molecule has 4 aromatic rings. The summed E-state index contributed by atoms with van der Waals surface area (Å²) in [4.78, 5) is 13.7. The maximum absolute atomic E-state index is 11.3. The van der Waals surface area contributed by atoms with Crippen LogP contribution in [0.5, 0.6) is 0 Å². The molecule has 6 nitrogen and oxygen atoms in total. The Bertz CT molecular complexity index is 1290. The lowest BCUT2D eigenvalue weighted by Gasteiger charge is -2.26. The SMILES string of the molecule is C(=C\c1n[nH]c2ccccc12)/c1ccc(CN2CCOCC2)cc1.O=C(Nc1ccccc1)C1CC1. The summed E-state index contributed by atoms with van der Waals surface area (Å²) >= 11 is 0. The molecular weight excluding hydrogens is 448 g/mol. The number of morpholine rings is 1. The van der Waals surface area contributed by atoms with Crippen molar-refractivity contribution in [3.8, 4) is 0 Å². The van der Waals surface area contributed by atoms with Gasteiger partial charge in [-0.15, -0.1) is 0 Å². The molecule has 0 spiro atoms. The van der Waals surface area contributed by atoms with Crippen LogP contribution >= 0.6 is 0 Å². The molecule has 0 radical (unpaired) electrons. The summed E-state index contributed by atoms with van der Waals surface area (Å²) in [7, 11) is 0. The molecule has 1 aliphatic heterocycles. The number of benzene rings is 3. The number of carbonyl (C=O) groups excluding carboxylic acids is 1. The number of aromatic nitrogens is 2. The molecule has 0 unspecified atom stereocenters. The number of anilines is 1. The molecule has 1 aromatic heterocycles. The largest absolute Gasteiger partial charge is 0.379 e. The van der Waals surface area contributed by atoms with Gasteiger partial charge in [0.25, 0.3) is 0 Å². The fourth-order valence-electron chi connectivity index (χ4n) is 4.15. The van der Waals surface area contributed by atoms with Gasteiger partial charge in [0.2, 0.25) is 5.91 Å². The van der Waals surface area contributed by atoms with Crippen LogP contribution in [-0.2, 0) is 16.1 Å². The third kappa shape index (κ3) is 6.68. The van der Waals surface area contributed by atoms with E-state index in [2.05, 4.69) is 62.9 Å². The molecule has 3 aromatic carbocycles. The number of hydrogen-bond donors (Lipinski definition) is 2. The van der Waals surface area contributed by atoms with Gasteiger partial charge >= 0.3 is 0 Å². The van der Waals surface area contributed by atoms with Crippen molar-refractivity contribution in [3.63, 3.8) is 0 Å². The molecule has 1 aliphatic carbocycles. The molecule has 2 fully saturated rings. The van der Waals surface area contributed by atoms with Crippen molar-refractivity contribution < 1.29 is 9.53 Å². The zero-order valence-electron chi connectivity index (χ0n) is 20.4. The van der Waals surface area contributed by atoms with E-state index in [-0.39, 0.29) is 11.8 Å². The van der Waals surface area contributed by atoms with Crippen molar-refractivity contribution in [2.24, 2.45) is 5.92 Å². The number of amides is 1. The highest BCUT2D eigenvalue weighted by Gasteiger charge is 2.29. The Morgan fingerprint density at radius 2 is 1.67 bits per heavy atom. The zero-order chi connectivity index (χ0) is 24.6. The summed E-state index contributed by atoms with van der Waals surface area (Å²) in [6.07, 6.45) is 6.29. The van der Waals surface area contributed by atoms with E-state index in [9.17, 15) is 4.79 Å². The second-order valence-corrected chi connectivity index (χ2v) is 9.25. The number of ether oxygens (including phenoxy) is 1. The Labute approximate surface area is 212 Å². The van der Waals surface area contributed by atoms with Gasteiger partial charge in [0.1, 0.15) is 0 Å². The third-order valence-electron chi connectivity index (χ3n) is 6.41. The minimum absolute atomic E-state index is 0.168. The highest BCUT2D eigenvalue weighted by molar-refractivity contribution is 5.94. The lowest BCUT2D eigenvalue weighted by Crippen LogP contribution is -2.35. The highest BCUT2D eigenvalue weighted by atomic mass is 16.5. The van der Waals surface area contributed by atoms with E-state index in [4.69, 9.17) is 4.74 Å². The smallest absolute Gasteiger partial charge is 0.227 e. The van der Waals surface area contributed by atoms with Crippen LogP contribution in [0, 0.1) is 5.92 Å². The number of aromatic amines is 1. The number of nitrogens with zero attached hydrogens (tertiary/aromatic N) is 2. The first-order valence-electron chi connectivity index (χ1n) is 12.6. The molecule has 2 heterocycles. The zero-order valence-corrected chi connectivity index (χ0v) is 20.4. The fourth-order valence-corrected chi connectivity index (χ4v) is 4.15. The van der Waals surface area contributed by atoms with Crippen LogP contribution in [0.3, 0.4) is 0 Å². The van der Waals surface area contributed by atoms with Gasteiger partial charge in [0, 0.05) is 36.6 Å². The van der Waals surface area contributed by atoms with Crippen molar-refractivity contribution in [1.82, 2.24) is 15.1 Å². The molecule has 2 N–H and O–H groups in total. The lowest BCUT2D eigenvalue weighted by molar-refractivity contribution is -0.117. The fraction of sp³-hybridized carbons (Fsp3) is 0.267. The van der Waals surface area contributed by atoms with Crippen LogP contribution in [0.1, 0.15) is 29.7 Å². The van der Waals surface area contributed by atoms with Crippen molar-refractivity contribution >= 4 is 34.6 Å². The second kappa shape index (κ2) is 11.8. The maximum atomic E-state index is 11.3. The first-order chi connectivity index (χ1) is 17.7. The molecule has 2 aliphatic rings. The normalized spacial score (nSPS) is 16.0. The molecule has 1 saturated carbocycles. The molecule has 184 valence electrons. The summed E-state index contributed by atoms with van der Waals surface area (Å²) in [6.45, 7) is 4.73. The minimum Gasteiger partial charge on any atom is -0.379 e. The predicted octanol–water partition coefficient (Wildman–Crippen LogP) is 5.60. The van der Waals surface area contributed by atoms with Crippen molar-refractivity contribution in [1.29, 1.82) is 0 Å². The van der Waals surface area contributed by atoms with Gasteiger partial charge in [-0.1, -0.05) is 66.7 Å². The Morgan fingerprint density at radius 3 is 2.42 bits per heavy atom. The van der Waals surface area contributed by atoms with E-state index in [1.807, 2.05) is 48.5 Å². The Kier molecular flexibility index (Phi) is 7.86. The number of carbonyl (C=O) groups is 1. The molecule has 6 heteroatoms. The Hall–Kier alpha value is -3.74. The van der Waals surface area contributed by atoms with Crippen molar-refractivity contribution in [2.75, 3.05) is 31.6 Å². The van der Waals surface area contributed by atoms with Crippen molar-refractivity contribution in [2.45, 2.75) is 19.4 Å². The quantitative estimate of drug-likeness (QED) is 0.377. The summed E-state index contributed by atoms with van der Waals surface area (Å²) < 4.78 is 5.40. The molecule has 1 saturated heterocycles. The summed E-state index contributed by atoms with van der Waals surface area (Å²) in [5, 5.41) is 11.5. The van der Waals surface area contributed by atoms with E-state index >= 15 is 0 Å². The molecule has 0 atom stereocenters. The first kappa shape index (κ1) is 24.0. The number of fused-ring (bicyclic) bond motifs is 1. The lowest BCUT2D eigenvalue weighted by atomic mass is 10.1. The van der Waals surface area contributed by atoms with E-state index in [1.54, 1.807) is 0 Å². The number of H-pyrrole nitrogens is 1. The van der Waals surface area contributed by atoms with Crippen LogP contribution in [0.2, 0.25) is 0 Å². The number of hydrogen-bond acceptors (Lipinski definition) is 4. The van der Waals surface area contributed by atoms with Gasteiger partial charge < -0.3 is 10.1 Å². The third-order valence-corrected chi connectivity index (χ3v) is 6.41. The van der Waals surface area contributed by atoms with Gasteiger partial charge in [0.05, 0.1) is 24.4 Å². The summed E-state index contributed by atoms with van der Waals surface area (Å²) in [6, 6.07) is 26.5.